The quantitative estimate of drug-likeness (QED) is 0.775. The molecular weight excluding hydrogens is 217 g/mol. The molecule has 0 saturated heterocycles. The van der Waals surface area contributed by atoms with Gasteiger partial charge in [0.25, 0.3) is 0 Å². The Labute approximate surface area is 89.2 Å². The Morgan fingerprint density at radius 1 is 1.40 bits per heavy atom. The molecule has 0 atom stereocenters. The average molecular weight is 231 g/mol. The summed E-state index contributed by atoms with van der Waals surface area (Å²) in [4.78, 5) is 0.0543. The average Bonchev–Trinajstić information content (AvgIpc) is 2.18. The second-order valence-corrected chi connectivity index (χ2v) is 5.34. The monoisotopic (exact) mass is 231 g/mol. The van der Waals surface area contributed by atoms with E-state index in [0.29, 0.717) is 13.0 Å². The highest BCUT2D eigenvalue weighted by atomic mass is 32.2. The number of hydrogen-bond acceptors (Lipinski definition) is 3. The predicted molar refractivity (Wildman–Crippen MR) is 57.0 cm³/mol. The molecule has 0 aliphatic heterocycles. The van der Waals surface area contributed by atoms with E-state index in [9.17, 15) is 12.8 Å². The first-order chi connectivity index (χ1) is 7.06. The SMILES string of the molecule is CNCCCS(=O)(=O)c1cccc(F)c1. The summed E-state index contributed by atoms with van der Waals surface area (Å²) in [6.45, 7) is 0.633. The van der Waals surface area contributed by atoms with Gasteiger partial charge in [0.05, 0.1) is 10.6 Å². The number of sulfone groups is 1. The van der Waals surface area contributed by atoms with Gasteiger partial charge in [-0.3, -0.25) is 0 Å². The van der Waals surface area contributed by atoms with E-state index in [-0.39, 0.29) is 10.6 Å². The Hall–Kier alpha value is -0.940. The van der Waals surface area contributed by atoms with Gasteiger partial charge in [-0.05, 0) is 38.2 Å². The van der Waals surface area contributed by atoms with Gasteiger partial charge in [-0.2, -0.15) is 0 Å². The molecule has 0 spiro atoms. The molecule has 0 bridgehead atoms. The summed E-state index contributed by atoms with van der Waals surface area (Å²) >= 11 is 0. The minimum atomic E-state index is -3.34. The third kappa shape index (κ3) is 3.60. The highest BCUT2D eigenvalue weighted by molar-refractivity contribution is 7.91. The van der Waals surface area contributed by atoms with Crippen molar-refractivity contribution in [2.24, 2.45) is 0 Å². The van der Waals surface area contributed by atoms with Crippen LogP contribution < -0.4 is 5.32 Å². The fourth-order valence-electron chi connectivity index (χ4n) is 1.22. The fourth-order valence-corrected chi connectivity index (χ4v) is 2.56. The molecule has 0 saturated carbocycles. The van der Waals surface area contributed by atoms with E-state index in [1.54, 1.807) is 7.05 Å². The molecule has 0 heterocycles. The van der Waals surface area contributed by atoms with Crippen LogP contribution in [-0.4, -0.2) is 27.8 Å². The number of nitrogens with one attached hydrogen (secondary N) is 1. The van der Waals surface area contributed by atoms with Crippen molar-refractivity contribution >= 4 is 9.84 Å². The lowest BCUT2D eigenvalue weighted by atomic mass is 10.4. The highest BCUT2D eigenvalue weighted by Gasteiger charge is 2.13. The van der Waals surface area contributed by atoms with Gasteiger partial charge < -0.3 is 5.32 Å². The van der Waals surface area contributed by atoms with Gasteiger partial charge in [0.15, 0.2) is 9.84 Å². The lowest BCUT2D eigenvalue weighted by molar-refractivity contribution is 0.587. The van der Waals surface area contributed by atoms with Gasteiger partial charge in [0, 0.05) is 0 Å². The van der Waals surface area contributed by atoms with E-state index >= 15 is 0 Å². The largest absolute Gasteiger partial charge is 0.320 e. The molecule has 1 N–H and O–H groups in total. The summed E-state index contributed by atoms with van der Waals surface area (Å²) in [7, 11) is -1.58. The van der Waals surface area contributed by atoms with Crippen molar-refractivity contribution in [2.75, 3.05) is 19.3 Å². The van der Waals surface area contributed by atoms with Gasteiger partial charge in [0.2, 0.25) is 0 Å². The topological polar surface area (TPSA) is 46.2 Å². The summed E-state index contributed by atoms with van der Waals surface area (Å²) in [5.74, 6) is -0.484. The van der Waals surface area contributed by atoms with Crippen molar-refractivity contribution in [3.05, 3.63) is 30.1 Å². The standard InChI is InChI=1S/C10H14FNO2S/c1-12-6-3-7-15(13,14)10-5-2-4-9(11)8-10/h2,4-5,8,12H,3,6-7H2,1H3. The van der Waals surface area contributed by atoms with Gasteiger partial charge in [-0.1, -0.05) is 6.07 Å². The maximum Gasteiger partial charge on any atom is 0.178 e. The zero-order chi connectivity index (χ0) is 11.3. The van der Waals surface area contributed by atoms with Crippen LogP contribution in [0.5, 0.6) is 0 Å². The first-order valence-electron chi connectivity index (χ1n) is 4.69. The molecule has 15 heavy (non-hydrogen) atoms. The zero-order valence-corrected chi connectivity index (χ0v) is 9.35. The van der Waals surface area contributed by atoms with Crippen LogP contribution in [0.15, 0.2) is 29.2 Å². The molecule has 1 rings (SSSR count). The van der Waals surface area contributed by atoms with Crippen LogP contribution in [0.1, 0.15) is 6.42 Å². The van der Waals surface area contributed by atoms with Gasteiger partial charge >= 0.3 is 0 Å². The van der Waals surface area contributed by atoms with E-state index in [1.807, 2.05) is 0 Å². The molecule has 0 amide bonds. The second-order valence-electron chi connectivity index (χ2n) is 3.23. The molecule has 1 aromatic rings. The van der Waals surface area contributed by atoms with Gasteiger partial charge in [-0.25, -0.2) is 12.8 Å². The minimum Gasteiger partial charge on any atom is -0.320 e. The Bertz CT molecular complexity index is 417. The third-order valence-electron chi connectivity index (χ3n) is 2.00. The maximum absolute atomic E-state index is 12.8. The maximum atomic E-state index is 12.8. The minimum absolute atomic E-state index is 0.0390. The molecule has 0 aliphatic carbocycles. The predicted octanol–water partition coefficient (Wildman–Crippen LogP) is 1.21. The Morgan fingerprint density at radius 3 is 2.73 bits per heavy atom. The van der Waals surface area contributed by atoms with E-state index in [0.717, 1.165) is 6.07 Å². The van der Waals surface area contributed by atoms with Crippen LogP contribution >= 0.6 is 0 Å². The Kier molecular flexibility index (Phi) is 4.23. The summed E-state index contributed by atoms with van der Waals surface area (Å²) in [5, 5.41) is 2.86. The van der Waals surface area contributed by atoms with Crippen LogP contribution in [0.3, 0.4) is 0 Å². The molecule has 84 valence electrons. The molecule has 1 aromatic carbocycles. The third-order valence-corrected chi connectivity index (χ3v) is 3.79. The van der Waals surface area contributed by atoms with Gasteiger partial charge in [-0.15, -0.1) is 0 Å². The fraction of sp³-hybridized carbons (Fsp3) is 0.400. The first kappa shape index (κ1) is 12.1. The molecule has 0 radical (unpaired) electrons. The van der Waals surface area contributed by atoms with E-state index < -0.39 is 15.7 Å². The molecule has 5 heteroatoms. The molecule has 0 fully saturated rings. The Balaban J connectivity index is 2.77. The lowest BCUT2D eigenvalue weighted by Gasteiger charge is -2.03. The van der Waals surface area contributed by atoms with Crippen LogP contribution in [0.25, 0.3) is 0 Å². The first-order valence-corrected chi connectivity index (χ1v) is 6.34. The van der Waals surface area contributed by atoms with Crippen molar-refractivity contribution in [1.29, 1.82) is 0 Å². The van der Waals surface area contributed by atoms with Crippen LogP contribution in [0, 0.1) is 5.82 Å². The number of benzene rings is 1. The summed E-state index contributed by atoms with van der Waals surface area (Å²) < 4.78 is 36.1. The van der Waals surface area contributed by atoms with E-state index in [2.05, 4.69) is 5.32 Å². The summed E-state index contributed by atoms with van der Waals surface area (Å²) in [6.07, 6.45) is 0.523. The van der Waals surface area contributed by atoms with Crippen LogP contribution in [0.2, 0.25) is 0 Å². The zero-order valence-electron chi connectivity index (χ0n) is 8.53. The second kappa shape index (κ2) is 5.23. The van der Waals surface area contributed by atoms with Crippen LogP contribution in [0.4, 0.5) is 4.39 Å². The van der Waals surface area contributed by atoms with Crippen molar-refractivity contribution in [3.63, 3.8) is 0 Å². The number of rotatable bonds is 5. The van der Waals surface area contributed by atoms with E-state index in [4.69, 9.17) is 0 Å². The summed E-state index contributed by atoms with van der Waals surface area (Å²) in [6, 6.07) is 5.10. The lowest BCUT2D eigenvalue weighted by Crippen LogP contribution is -2.14. The molecule has 0 unspecified atom stereocenters. The molecule has 3 nitrogen and oxygen atoms in total. The van der Waals surface area contributed by atoms with E-state index in [1.165, 1.54) is 18.2 Å². The molecule has 0 aliphatic rings. The molecule has 0 aromatic heterocycles. The van der Waals surface area contributed by atoms with Crippen molar-refractivity contribution in [3.8, 4) is 0 Å². The van der Waals surface area contributed by atoms with Crippen LogP contribution in [-0.2, 0) is 9.84 Å². The van der Waals surface area contributed by atoms with Crippen molar-refractivity contribution < 1.29 is 12.8 Å². The van der Waals surface area contributed by atoms with Crippen molar-refractivity contribution in [1.82, 2.24) is 5.32 Å². The normalized spacial score (nSPS) is 11.6. The van der Waals surface area contributed by atoms with Gasteiger partial charge in [0.1, 0.15) is 5.82 Å². The highest BCUT2D eigenvalue weighted by Crippen LogP contribution is 2.12. The van der Waals surface area contributed by atoms with Crippen molar-refractivity contribution in [2.45, 2.75) is 11.3 Å². The number of hydrogen-bond donors (Lipinski definition) is 1. The number of halogens is 1. The Morgan fingerprint density at radius 2 is 2.13 bits per heavy atom. The summed E-state index contributed by atoms with van der Waals surface area (Å²) in [5.41, 5.74) is 0. The smallest absolute Gasteiger partial charge is 0.178 e. The molecular formula is C10H14FNO2S.